The molecule has 4 atom stereocenters. The van der Waals surface area contributed by atoms with Crippen LogP contribution < -0.4 is 21.3 Å². The molecule has 0 spiro atoms. The molecule has 18 heteroatoms. The van der Waals surface area contributed by atoms with Gasteiger partial charge >= 0.3 is 0 Å². The minimum atomic E-state index is -1.24. The van der Waals surface area contributed by atoms with Crippen LogP contribution in [-0.2, 0) is 41.6 Å². The second kappa shape index (κ2) is 18.6. The maximum atomic E-state index is 14.4. The summed E-state index contributed by atoms with van der Waals surface area (Å²) in [6.07, 6.45) is 2.49. The van der Waals surface area contributed by atoms with E-state index in [0.29, 0.717) is 27.1 Å². The molecule has 59 heavy (non-hydrogen) atoms. The predicted molar refractivity (Wildman–Crippen MR) is 221 cm³/mol. The fraction of sp³-hybridized carbons (Fsp3) is 0.317. The Bertz CT molecular complexity index is 2460. The number of Topliss-reactive ketones (excluding diaryl/α,β-unsaturated/α-hetero) is 2. The van der Waals surface area contributed by atoms with Crippen molar-refractivity contribution in [2.24, 2.45) is 0 Å². The number of carbonyl (C=O) groups is 7. The van der Waals surface area contributed by atoms with E-state index in [0.717, 1.165) is 27.1 Å². The number of amides is 5. The van der Waals surface area contributed by atoms with Crippen molar-refractivity contribution in [2.45, 2.75) is 63.1 Å². The summed E-state index contributed by atoms with van der Waals surface area (Å²) in [5, 5.41) is 24.3. The molecular formula is C41H43ClN8O8S. The maximum Gasteiger partial charge on any atom is 0.271 e. The molecule has 2 aromatic carbocycles. The van der Waals surface area contributed by atoms with E-state index in [2.05, 4.69) is 42.8 Å². The number of aromatic amines is 2. The number of nitrogens with one attached hydrogen (secondary N) is 6. The first-order valence-corrected chi connectivity index (χ1v) is 20.0. The van der Waals surface area contributed by atoms with Gasteiger partial charge in [-0.3, -0.25) is 33.6 Å². The molecule has 5 amide bonds. The third kappa shape index (κ3) is 10.1. The van der Waals surface area contributed by atoms with Crippen LogP contribution in [0.4, 0.5) is 0 Å². The molecule has 0 saturated carbocycles. The Hall–Kier alpha value is -6.17. The zero-order valence-electron chi connectivity index (χ0n) is 32.2. The van der Waals surface area contributed by atoms with E-state index < -0.39 is 71.8 Å². The molecule has 0 fully saturated rings. The van der Waals surface area contributed by atoms with E-state index in [-0.39, 0.29) is 55.0 Å². The van der Waals surface area contributed by atoms with Crippen molar-refractivity contribution in [3.8, 4) is 0 Å². The molecule has 4 heterocycles. The highest BCUT2D eigenvalue weighted by molar-refractivity contribution is 7.10. The fourth-order valence-corrected chi connectivity index (χ4v) is 8.07. The normalized spacial score (nSPS) is 21.3. The van der Waals surface area contributed by atoms with E-state index in [9.17, 15) is 38.7 Å². The van der Waals surface area contributed by atoms with Crippen molar-refractivity contribution >= 4 is 85.8 Å². The smallest absolute Gasteiger partial charge is 0.271 e. The average Bonchev–Trinajstić information content (AvgIpc) is 3.97. The van der Waals surface area contributed by atoms with Gasteiger partial charge in [0.05, 0.1) is 34.9 Å². The number of carbonyl (C=O) groups excluding carboxylic acids is 7. The number of rotatable bonds is 5. The highest BCUT2D eigenvalue weighted by Crippen LogP contribution is 2.28. The number of hydrogen-bond acceptors (Lipinski definition) is 10. The molecule has 16 nitrogen and oxygen atoms in total. The number of thiazole rings is 1. The van der Waals surface area contributed by atoms with E-state index in [1.807, 2.05) is 30.3 Å². The van der Waals surface area contributed by atoms with Crippen LogP contribution in [0.25, 0.3) is 21.8 Å². The van der Waals surface area contributed by atoms with Crippen LogP contribution in [0.3, 0.4) is 0 Å². The summed E-state index contributed by atoms with van der Waals surface area (Å²) in [4.78, 5) is 106. The molecule has 0 radical (unpaired) electrons. The van der Waals surface area contributed by atoms with Gasteiger partial charge in [0.1, 0.15) is 17.8 Å². The summed E-state index contributed by atoms with van der Waals surface area (Å²) in [6.45, 7) is 4.11. The maximum absolute atomic E-state index is 14.4. The molecule has 308 valence electrons. The molecule has 7 N–H and O–H groups in total. The number of halogens is 1. The van der Waals surface area contributed by atoms with Gasteiger partial charge in [-0.1, -0.05) is 42.4 Å². The van der Waals surface area contributed by atoms with Crippen molar-refractivity contribution in [2.75, 3.05) is 20.2 Å². The molecule has 6 rings (SSSR count). The molecule has 2 bridgehead atoms. The molecule has 5 aromatic rings. The topological polar surface area (TPSA) is 236 Å². The van der Waals surface area contributed by atoms with Crippen molar-refractivity contribution in [1.29, 1.82) is 0 Å². The summed E-state index contributed by atoms with van der Waals surface area (Å²) in [7, 11) is 1.34. The minimum absolute atomic E-state index is 0.00713. The molecule has 0 aliphatic carbocycles. The predicted octanol–water partition coefficient (Wildman–Crippen LogP) is 2.82. The van der Waals surface area contributed by atoms with Crippen LogP contribution >= 0.6 is 22.9 Å². The number of hydrogen-bond donors (Lipinski definition) is 7. The van der Waals surface area contributed by atoms with Crippen LogP contribution in [0.2, 0.25) is 5.02 Å². The summed E-state index contributed by atoms with van der Waals surface area (Å²) in [5.74, 6) is -5.34. The van der Waals surface area contributed by atoms with Crippen LogP contribution in [0.15, 0.2) is 72.5 Å². The van der Waals surface area contributed by atoms with E-state index >= 15 is 0 Å². The number of likely N-dealkylation sites (N-methyl/N-ethyl adjacent to an activating group) is 1. The zero-order chi connectivity index (χ0) is 42.4. The zero-order valence-corrected chi connectivity index (χ0v) is 33.8. The molecule has 3 aromatic heterocycles. The van der Waals surface area contributed by atoms with Gasteiger partial charge in [-0.15, -0.1) is 11.3 Å². The number of ketones is 2. The lowest BCUT2D eigenvalue weighted by atomic mass is 9.97. The third-order valence-electron chi connectivity index (χ3n) is 10.0. The number of para-hydroxylation sites is 1. The van der Waals surface area contributed by atoms with Crippen LogP contribution in [-0.4, -0.2) is 104 Å². The van der Waals surface area contributed by atoms with Crippen molar-refractivity contribution in [1.82, 2.24) is 41.1 Å². The Morgan fingerprint density at radius 1 is 0.881 bits per heavy atom. The minimum Gasteiger partial charge on any atom is -0.396 e. The summed E-state index contributed by atoms with van der Waals surface area (Å²) in [6, 6.07) is 9.14. The van der Waals surface area contributed by atoms with Crippen molar-refractivity contribution in [3.63, 3.8) is 0 Å². The second-order valence-electron chi connectivity index (χ2n) is 14.4. The first-order valence-electron chi connectivity index (χ1n) is 18.8. The van der Waals surface area contributed by atoms with E-state index in [1.54, 1.807) is 24.5 Å². The Kier molecular flexibility index (Phi) is 13.4. The average molecular weight is 843 g/mol. The fourth-order valence-electron chi connectivity index (χ4n) is 6.88. The van der Waals surface area contributed by atoms with Gasteiger partial charge in [0.2, 0.25) is 17.7 Å². The number of aromatic nitrogens is 3. The number of benzene rings is 2. The number of fused-ring (bicyclic) bond motifs is 4. The number of aliphatic hydroxyl groups is 1. The Labute approximate surface area is 347 Å². The van der Waals surface area contributed by atoms with Crippen LogP contribution in [0.1, 0.15) is 58.7 Å². The van der Waals surface area contributed by atoms with Gasteiger partial charge in [0.15, 0.2) is 11.6 Å². The quantitative estimate of drug-likeness (QED) is 0.129. The van der Waals surface area contributed by atoms with E-state index in [1.165, 1.54) is 19.4 Å². The van der Waals surface area contributed by atoms with Gasteiger partial charge in [0.25, 0.3) is 11.8 Å². The summed E-state index contributed by atoms with van der Waals surface area (Å²) < 4.78 is 0. The van der Waals surface area contributed by atoms with Crippen LogP contribution in [0.5, 0.6) is 0 Å². The standard InChI is InChI=1S/C41H43ClN8O8S/c1-21-37(55)46-22(2)41(58)50(3)18-26(52)13-25(19-51)40-49-33(20-59-40)39(57)48-32(14-23-16-43-29-9-5-4-7-27(23)29)38(56)47-31(34(53)11-12-35(54)45-21)15-24-17-44-30-10-6-8-28(42)36(24)30/h4-10,16-17,20-21,25,31-32,43-44,51H,2,11-15,18-19H2,1,3H3,(H,45,54)(H,46,55)(H,47,56)(H,48,57)/t21-,25-,31+,32+/m1/s1. The molecule has 0 unspecified atom stereocenters. The van der Waals surface area contributed by atoms with Crippen LogP contribution in [0, 0.1) is 0 Å². The van der Waals surface area contributed by atoms with Crippen molar-refractivity contribution < 1.29 is 38.7 Å². The van der Waals surface area contributed by atoms with Gasteiger partial charge < -0.3 is 41.2 Å². The Morgan fingerprint density at radius 3 is 2.37 bits per heavy atom. The first-order chi connectivity index (χ1) is 28.2. The monoisotopic (exact) mass is 842 g/mol. The molecular weight excluding hydrogens is 800 g/mol. The first kappa shape index (κ1) is 42.4. The lowest BCUT2D eigenvalue weighted by Gasteiger charge is -2.23. The Balaban J connectivity index is 1.34. The highest BCUT2D eigenvalue weighted by atomic mass is 35.5. The third-order valence-corrected chi connectivity index (χ3v) is 11.4. The van der Waals surface area contributed by atoms with Gasteiger partial charge in [-0.2, -0.15) is 0 Å². The van der Waals surface area contributed by atoms with Gasteiger partial charge in [-0.25, -0.2) is 4.98 Å². The van der Waals surface area contributed by atoms with Gasteiger partial charge in [0, 0.05) is 84.6 Å². The van der Waals surface area contributed by atoms with E-state index in [4.69, 9.17) is 11.6 Å². The lowest BCUT2D eigenvalue weighted by Crippen LogP contribution is -2.53. The molecule has 1 aliphatic heterocycles. The lowest BCUT2D eigenvalue weighted by molar-refractivity contribution is -0.133. The molecule has 0 saturated heterocycles. The largest absolute Gasteiger partial charge is 0.396 e. The number of aliphatic hydroxyl groups excluding tert-OH is 1. The SMILES string of the molecule is C=C1NC(=O)[C@@H](C)NC(=O)CCC(=O)[C@H](Cc2c[nH]c3cccc(Cl)c23)NC(=O)[C@H](Cc2c[nH]c3ccccc23)NC(=O)c2csc(n2)[C@@H](CO)CC(=O)CN(C)C1=O. The van der Waals surface area contributed by atoms with Gasteiger partial charge in [-0.05, 0) is 36.2 Å². The van der Waals surface area contributed by atoms with Crippen molar-refractivity contribution in [3.05, 3.63) is 99.4 Å². The number of nitrogens with zero attached hydrogens (tertiary/aromatic N) is 2. The Morgan fingerprint density at radius 2 is 1.59 bits per heavy atom. The molecule has 1 aliphatic rings. The summed E-state index contributed by atoms with van der Waals surface area (Å²) in [5.41, 5.74) is 2.44. The second-order valence-corrected chi connectivity index (χ2v) is 15.7. The number of H-pyrrole nitrogens is 2. The summed E-state index contributed by atoms with van der Waals surface area (Å²) >= 11 is 7.61. The highest BCUT2D eigenvalue weighted by Gasteiger charge is 2.31.